The van der Waals surface area contributed by atoms with E-state index in [9.17, 15) is 18.4 Å². The average Bonchev–Trinajstić information content (AvgIpc) is 3.06. The predicted octanol–water partition coefficient (Wildman–Crippen LogP) is 10.1. The molecule has 1 aliphatic rings. The summed E-state index contributed by atoms with van der Waals surface area (Å²) in [6.45, 7) is 14.6. The maximum atomic E-state index is 13.3. The van der Waals surface area contributed by atoms with Crippen molar-refractivity contribution in [2.75, 3.05) is 18.4 Å². The van der Waals surface area contributed by atoms with Crippen LogP contribution in [-0.2, 0) is 42.6 Å². The Bertz CT molecular complexity index is 1410. The zero-order chi connectivity index (χ0) is 36.9. The number of rotatable bonds is 11. The van der Waals surface area contributed by atoms with E-state index in [0.717, 1.165) is 43.9 Å². The molecule has 0 saturated heterocycles. The molecular formula is C39H54F2N2O5S. The van der Waals surface area contributed by atoms with Gasteiger partial charge in [-0.1, -0.05) is 82.7 Å². The van der Waals surface area contributed by atoms with E-state index in [0.29, 0.717) is 17.0 Å². The van der Waals surface area contributed by atoms with Crippen molar-refractivity contribution in [1.29, 1.82) is 0 Å². The second-order valence-electron chi connectivity index (χ2n) is 12.0. The Kier molecular flexibility index (Phi) is 20.1. The molecule has 1 N–H and O–H groups in total. The smallest absolute Gasteiger partial charge is 0.334 e. The van der Waals surface area contributed by atoms with Crippen LogP contribution in [0.1, 0.15) is 91.3 Å². The van der Waals surface area contributed by atoms with Gasteiger partial charge in [0.2, 0.25) is 0 Å². The molecule has 3 aromatic rings. The van der Waals surface area contributed by atoms with Gasteiger partial charge in [-0.05, 0) is 69.0 Å². The van der Waals surface area contributed by atoms with Crippen molar-refractivity contribution >= 4 is 29.6 Å². The van der Waals surface area contributed by atoms with Gasteiger partial charge < -0.3 is 18.9 Å². The molecule has 0 aliphatic carbocycles. The Morgan fingerprint density at radius 3 is 2.18 bits per heavy atom. The van der Waals surface area contributed by atoms with Crippen molar-refractivity contribution in [1.82, 2.24) is 4.98 Å². The summed E-state index contributed by atoms with van der Waals surface area (Å²) >= 11 is 1.24. The first-order chi connectivity index (χ1) is 23.2. The number of nitrogens with zero attached hydrogens (tertiary/aromatic N) is 1. The third kappa shape index (κ3) is 18.5. The van der Waals surface area contributed by atoms with E-state index in [-0.39, 0.29) is 30.2 Å². The number of carbonyl (C=O) groups excluding carboxylic acids is 2. The van der Waals surface area contributed by atoms with Gasteiger partial charge in [-0.25, -0.2) is 23.4 Å². The molecule has 0 radical (unpaired) electrons. The molecule has 4 rings (SSSR count). The van der Waals surface area contributed by atoms with E-state index in [1.165, 1.54) is 36.9 Å². The van der Waals surface area contributed by atoms with Crippen molar-refractivity contribution in [2.24, 2.45) is 0 Å². The van der Waals surface area contributed by atoms with Crippen LogP contribution in [0.5, 0.6) is 0 Å². The fourth-order valence-electron chi connectivity index (χ4n) is 4.25. The highest BCUT2D eigenvalue weighted by Crippen LogP contribution is 2.28. The highest BCUT2D eigenvalue weighted by Gasteiger charge is 2.24. The molecule has 1 unspecified atom stereocenters. The topological polar surface area (TPSA) is 86.8 Å². The summed E-state index contributed by atoms with van der Waals surface area (Å²) in [6.07, 6.45) is 7.45. The van der Waals surface area contributed by atoms with Crippen molar-refractivity contribution in [3.63, 3.8) is 0 Å². The molecule has 270 valence electrons. The van der Waals surface area contributed by atoms with E-state index in [2.05, 4.69) is 52.6 Å². The Morgan fingerprint density at radius 2 is 1.67 bits per heavy atom. The van der Waals surface area contributed by atoms with Crippen LogP contribution in [-0.4, -0.2) is 42.3 Å². The van der Waals surface area contributed by atoms with E-state index >= 15 is 0 Å². The van der Waals surface area contributed by atoms with Gasteiger partial charge >= 0.3 is 11.9 Å². The molecule has 0 spiro atoms. The fourth-order valence-corrected chi connectivity index (χ4v) is 4.84. The van der Waals surface area contributed by atoms with Crippen LogP contribution in [0.15, 0.2) is 89.6 Å². The average molecular weight is 701 g/mol. The first-order valence-corrected chi connectivity index (χ1v) is 17.6. The molecule has 2 heterocycles. The van der Waals surface area contributed by atoms with Crippen molar-refractivity contribution in [2.45, 2.75) is 110 Å². The highest BCUT2D eigenvalue weighted by atomic mass is 32.2. The molecule has 1 aliphatic heterocycles. The Labute approximate surface area is 296 Å². The number of alkyl halides is 2. The number of aromatic nitrogens is 1. The number of ether oxygens (including phenoxy) is 3. The van der Waals surface area contributed by atoms with Crippen LogP contribution in [0.3, 0.4) is 0 Å². The normalized spacial score (nSPS) is 13.9. The number of anilines is 1. The number of methoxy groups -OCH3 is 1. The van der Waals surface area contributed by atoms with Gasteiger partial charge in [0.05, 0.1) is 0 Å². The van der Waals surface area contributed by atoms with Gasteiger partial charge in [0.1, 0.15) is 23.3 Å². The summed E-state index contributed by atoms with van der Waals surface area (Å²) in [5, 5.41) is 0.587. The Balaban J connectivity index is 0.000000489. The first-order valence-electron chi connectivity index (χ1n) is 16.7. The molecule has 2 aromatic carbocycles. The van der Waals surface area contributed by atoms with Crippen LogP contribution < -0.4 is 4.72 Å². The van der Waals surface area contributed by atoms with Crippen LogP contribution in [0.4, 0.5) is 14.5 Å². The van der Waals surface area contributed by atoms with Crippen LogP contribution in [0.2, 0.25) is 0 Å². The molecule has 1 aromatic heterocycles. The van der Waals surface area contributed by atoms with E-state index < -0.39 is 11.5 Å². The molecule has 0 amide bonds. The largest absolute Gasteiger partial charge is 0.459 e. The summed E-state index contributed by atoms with van der Waals surface area (Å²) in [7, 11) is 1.46. The van der Waals surface area contributed by atoms with Crippen molar-refractivity contribution in [3.8, 4) is 0 Å². The summed E-state index contributed by atoms with van der Waals surface area (Å²) in [6, 6.07) is 21.1. The van der Waals surface area contributed by atoms with Gasteiger partial charge in [-0.2, -0.15) is 0 Å². The minimum absolute atomic E-state index is 0.00722. The lowest BCUT2D eigenvalue weighted by atomic mass is 9.99. The van der Waals surface area contributed by atoms with Gasteiger partial charge in [0.25, 0.3) is 5.92 Å². The van der Waals surface area contributed by atoms with Crippen LogP contribution in [0, 0.1) is 0 Å². The number of hydrogen-bond acceptors (Lipinski definition) is 8. The minimum Gasteiger partial charge on any atom is -0.459 e. The lowest BCUT2D eigenvalue weighted by Crippen LogP contribution is -2.26. The Hall–Kier alpha value is -3.76. The predicted molar refractivity (Wildman–Crippen MR) is 196 cm³/mol. The van der Waals surface area contributed by atoms with E-state index in [1.54, 1.807) is 6.07 Å². The van der Waals surface area contributed by atoms with Gasteiger partial charge in [-0.3, -0.25) is 0 Å². The molecule has 7 nitrogen and oxygen atoms in total. The third-order valence-corrected chi connectivity index (χ3v) is 7.33. The standard InChI is InChI=1S/C22H24F2N2O2S.C8H10.C7H14O3.C2H6/c1-3-5-19-10-8-16(21(27)28-19)12-15-6-4-7-18(13-15)26-29-20-11-9-17(14-25-20)22(2,23)24;1-2-8-6-4-3-5-7-8;1-7(2,3)10-6(8)5-9-4;1-2/h4,6-9,11,13-14,19,26H,3,5,10,12H2,1-2H3;3-7H,2H2,1H3;5H2,1-4H3;1-2H3. The molecule has 0 saturated carbocycles. The minimum atomic E-state index is -2.90. The number of cyclic esters (lactones) is 1. The quantitative estimate of drug-likeness (QED) is 0.156. The summed E-state index contributed by atoms with van der Waals surface area (Å²) < 4.78 is 44.7. The summed E-state index contributed by atoms with van der Waals surface area (Å²) in [5.74, 6) is -3.46. The number of nitrogens with one attached hydrogen (secondary N) is 1. The molecular weight excluding hydrogens is 647 g/mol. The summed E-state index contributed by atoms with van der Waals surface area (Å²) in [4.78, 5) is 27.0. The van der Waals surface area contributed by atoms with E-state index in [1.807, 2.05) is 71.0 Å². The van der Waals surface area contributed by atoms with Gasteiger partial charge in [0, 0.05) is 61.8 Å². The van der Waals surface area contributed by atoms with Crippen LogP contribution in [0.25, 0.3) is 0 Å². The third-order valence-electron chi connectivity index (χ3n) is 6.55. The number of aryl methyl sites for hydroxylation is 1. The number of halogens is 2. The number of pyridine rings is 1. The maximum absolute atomic E-state index is 13.3. The van der Waals surface area contributed by atoms with E-state index in [4.69, 9.17) is 9.47 Å². The second-order valence-corrected chi connectivity index (χ2v) is 12.8. The number of carbonyl (C=O) groups is 2. The monoisotopic (exact) mass is 700 g/mol. The fraction of sp³-hybridized carbons (Fsp3) is 0.462. The number of benzene rings is 2. The maximum Gasteiger partial charge on any atom is 0.334 e. The zero-order valence-corrected chi connectivity index (χ0v) is 31.3. The molecule has 49 heavy (non-hydrogen) atoms. The molecule has 0 bridgehead atoms. The lowest BCUT2D eigenvalue weighted by molar-refractivity contribution is -0.159. The molecule has 0 fully saturated rings. The van der Waals surface area contributed by atoms with Crippen molar-refractivity contribution in [3.05, 3.63) is 101 Å². The molecule has 10 heteroatoms. The second kappa shape index (κ2) is 22.8. The zero-order valence-electron chi connectivity index (χ0n) is 30.5. The SMILES string of the molecule is CC.CCCC1CC=C(Cc2cccc(NSc3ccc(C(C)(F)F)cn3)c2)C(=O)O1.CCc1ccccc1.COCC(=O)OC(C)(C)C. The number of esters is 2. The summed E-state index contributed by atoms with van der Waals surface area (Å²) in [5.41, 5.74) is 3.40. The lowest BCUT2D eigenvalue weighted by Gasteiger charge is -2.22. The van der Waals surface area contributed by atoms with Gasteiger partial charge in [0.15, 0.2) is 0 Å². The first kappa shape index (κ1) is 43.3. The highest BCUT2D eigenvalue weighted by molar-refractivity contribution is 8.00. The molecule has 1 atom stereocenters. The van der Waals surface area contributed by atoms with Crippen molar-refractivity contribution < 1.29 is 32.6 Å². The van der Waals surface area contributed by atoms with Gasteiger partial charge in [-0.15, -0.1) is 0 Å². The number of hydrogen-bond donors (Lipinski definition) is 1. The van der Waals surface area contributed by atoms with Crippen LogP contribution >= 0.6 is 11.9 Å². The Morgan fingerprint density at radius 1 is 1.00 bits per heavy atom.